The van der Waals surface area contributed by atoms with Crippen LogP contribution in [0.2, 0.25) is 0 Å². The number of benzene rings is 1. The van der Waals surface area contributed by atoms with Gasteiger partial charge in [-0.3, -0.25) is 14.6 Å². The Kier molecular flexibility index (Phi) is 6.94. The Hall–Kier alpha value is -2.96. The third-order valence-electron chi connectivity index (χ3n) is 4.74. The quantitative estimate of drug-likeness (QED) is 0.717. The molecular weight excluding hydrogens is 356 g/mol. The van der Waals surface area contributed by atoms with E-state index in [9.17, 15) is 9.59 Å². The molecule has 7 heteroatoms. The van der Waals surface area contributed by atoms with Gasteiger partial charge >= 0.3 is 0 Å². The molecular formula is C21H26N4O3. The summed E-state index contributed by atoms with van der Waals surface area (Å²) in [7, 11) is 0. The van der Waals surface area contributed by atoms with Crippen molar-refractivity contribution in [2.45, 2.75) is 26.2 Å². The second kappa shape index (κ2) is 9.82. The molecule has 1 aliphatic rings. The van der Waals surface area contributed by atoms with Crippen molar-refractivity contribution >= 4 is 11.8 Å². The van der Waals surface area contributed by atoms with Crippen molar-refractivity contribution in [2.75, 3.05) is 32.8 Å². The van der Waals surface area contributed by atoms with E-state index in [0.717, 1.165) is 12.2 Å². The van der Waals surface area contributed by atoms with Crippen LogP contribution in [0, 0.1) is 6.92 Å². The molecule has 0 N–H and O–H groups in total. The lowest BCUT2D eigenvalue weighted by Gasteiger charge is -2.22. The molecule has 28 heavy (non-hydrogen) atoms. The fourth-order valence-corrected chi connectivity index (χ4v) is 3.15. The van der Waals surface area contributed by atoms with E-state index < -0.39 is 0 Å². The van der Waals surface area contributed by atoms with Gasteiger partial charge in [0, 0.05) is 45.0 Å². The predicted octanol–water partition coefficient (Wildman–Crippen LogP) is 2.32. The lowest BCUT2D eigenvalue weighted by Crippen LogP contribution is -2.37. The highest BCUT2D eigenvalue weighted by Crippen LogP contribution is 2.13. The molecule has 2 amide bonds. The molecule has 0 unspecified atom stereocenters. The van der Waals surface area contributed by atoms with Crippen LogP contribution in [0.3, 0.4) is 0 Å². The minimum atomic E-state index is -0.131. The third kappa shape index (κ3) is 5.52. The summed E-state index contributed by atoms with van der Waals surface area (Å²) in [6.07, 6.45) is 6.42. The van der Waals surface area contributed by atoms with E-state index in [0.29, 0.717) is 51.3 Å². The van der Waals surface area contributed by atoms with Gasteiger partial charge in [-0.2, -0.15) is 0 Å². The lowest BCUT2D eigenvalue weighted by atomic mass is 10.2. The Balaban J connectivity index is 1.41. The van der Waals surface area contributed by atoms with Crippen LogP contribution < -0.4 is 4.74 Å². The normalized spacial score (nSPS) is 14.5. The Morgan fingerprint density at radius 1 is 1.04 bits per heavy atom. The Labute approximate surface area is 165 Å². The Morgan fingerprint density at radius 3 is 2.54 bits per heavy atom. The second-order valence-electron chi connectivity index (χ2n) is 6.88. The minimum Gasteiger partial charge on any atom is -0.494 e. The highest BCUT2D eigenvalue weighted by Gasteiger charge is 2.23. The number of rotatable bonds is 6. The number of carbonyl (C=O) groups is 2. The smallest absolute Gasteiger partial charge is 0.274 e. The summed E-state index contributed by atoms with van der Waals surface area (Å²) in [5, 5.41) is 0. The maximum atomic E-state index is 12.5. The molecule has 0 saturated carbocycles. The van der Waals surface area contributed by atoms with E-state index in [1.807, 2.05) is 36.1 Å². The van der Waals surface area contributed by atoms with Crippen LogP contribution in [-0.2, 0) is 4.79 Å². The molecule has 0 aliphatic carbocycles. The molecule has 0 spiro atoms. The highest BCUT2D eigenvalue weighted by molar-refractivity contribution is 5.92. The first-order chi connectivity index (χ1) is 13.6. The first-order valence-corrected chi connectivity index (χ1v) is 9.66. The largest absolute Gasteiger partial charge is 0.494 e. The van der Waals surface area contributed by atoms with Crippen LogP contribution in [0.25, 0.3) is 0 Å². The molecule has 0 bridgehead atoms. The van der Waals surface area contributed by atoms with Crippen LogP contribution in [-0.4, -0.2) is 64.4 Å². The third-order valence-corrected chi connectivity index (χ3v) is 4.74. The van der Waals surface area contributed by atoms with Gasteiger partial charge in [0.15, 0.2) is 0 Å². The van der Waals surface area contributed by atoms with Gasteiger partial charge in [-0.25, -0.2) is 4.98 Å². The van der Waals surface area contributed by atoms with Crippen LogP contribution >= 0.6 is 0 Å². The van der Waals surface area contributed by atoms with Gasteiger partial charge in [0.05, 0.1) is 12.8 Å². The maximum absolute atomic E-state index is 12.5. The maximum Gasteiger partial charge on any atom is 0.274 e. The molecule has 1 aromatic carbocycles. The standard InChI is InChI=1S/C21H26N4O3/c1-17-5-7-18(8-6-17)28-15-2-4-20(26)24-11-3-12-25(14-13-24)21(27)19-16-22-9-10-23-19/h5-10,16H,2-4,11-15H2,1H3. The predicted molar refractivity (Wildman–Crippen MR) is 105 cm³/mol. The summed E-state index contributed by atoms with van der Waals surface area (Å²) < 4.78 is 5.68. The van der Waals surface area contributed by atoms with Crippen molar-refractivity contribution in [3.63, 3.8) is 0 Å². The molecule has 0 radical (unpaired) electrons. The average Bonchev–Trinajstić information content (AvgIpc) is 2.99. The van der Waals surface area contributed by atoms with Crippen molar-refractivity contribution in [2.24, 2.45) is 0 Å². The van der Waals surface area contributed by atoms with E-state index >= 15 is 0 Å². The van der Waals surface area contributed by atoms with E-state index in [-0.39, 0.29) is 11.8 Å². The molecule has 1 aliphatic heterocycles. The number of aromatic nitrogens is 2. The summed E-state index contributed by atoms with van der Waals surface area (Å²) in [6, 6.07) is 7.89. The summed E-state index contributed by atoms with van der Waals surface area (Å²) >= 11 is 0. The molecule has 0 atom stereocenters. The molecule has 1 aromatic heterocycles. The van der Waals surface area contributed by atoms with Crippen molar-refractivity contribution in [1.82, 2.24) is 19.8 Å². The van der Waals surface area contributed by atoms with E-state index in [2.05, 4.69) is 9.97 Å². The van der Waals surface area contributed by atoms with Crippen molar-refractivity contribution in [1.29, 1.82) is 0 Å². The van der Waals surface area contributed by atoms with Gasteiger partial charge in [0.2, 0.25) is 5.91 Å². The van der Waals surface area contributed by atoms with Crippen molar-refractivity contribution in [3.8, 4) is 5.75 Å². The number of carbonyl (C=O) groups excluding carboxylic acids is 2. The van der Waals surface area contributed by atoms with Gasteiger partial charge in [0.1, 0.15) is 11.4 Å². The molecule has 1 saturated heterocycles. The van der Waals surface area contributed by atoms with Gasteiger partial charge in [-0.1, -0.05) is 17.7 Å². The number of aryl methyl sites for hydroxylation is 1. The summed E-state index contributed by atoms with van der Waals surface area (Å²) in [4.78, 5) is 36.6. The topological polar surface area (TPSA) is 75.6 Å². The summed E-state index contributed by atoms with van der Waals surface area (Å²) in [6.45, 7) is 4.90. The second-order valence-corrected chi connectivity index (χ2v) is 6.88. The molecule has 3 rings (SSSR count). The van der Waals surface area contributed by atoms with Gasteiger partial charge in [-0.05, 0) is 31.9 Å². The van der Waals surface area contributed by atoms with E-state index in [1.165, 1.54) is 18.0 Å². The number of hydrogen-bond acceptors (Lipinski definition) is 5. The van der Waals surface area contributed by atoms with Crippen molar-refractivity contribution < 1.29 is 14.3 Å². The first-order valence-electron chi connectivity index (χ1n) is 9.66. The highest BCUT2D eigenvalue weighted by atomic mass is 16.5. The van der Waals surface area contributed by atoms with Crippen LogP contribution in [0.15, 0.2) is 42.9 Å². The zero-order chi connectivity index (χ0) is 19.8. The van der Waals surface area contributed by atoms with Gasteiger partial charge < -0.3 is 14.5 Å². The van der Waals surface area contributed by atoms with Gasteiger partial charge in [-0.15, -0.1) is 0 Å². The molecule has 7 nitrogen and oxygen atoms in total. The van der Waals surface area contributed by atoms with E-state index in [1.54, 1.807) is 11.1 Å². The summed E-state index contributed by atoms with van der Waals surface area (Å²) in [5.74, 6) is 0.807. The average molecular weight is 382 g/mol. The van der Waals surface area contributed by atoms with E-state index in [4.69, 9.17) is 4.74 Å². The summed E-state index contributed by atoms with van der Waals surface area (Å²) in [5.41, 5.74) is 1.53. The number of hydrogen-bond donors (Lipinski definition) is 0. The zero-order valence-electron chi connectivity index (χ0n) is 16.2. The Morgan fingerprint density at radius 2 is 1.79 bits per heavy atom. The molecule has 2 heterocycles. The fraction of sp³-hybridized carbons (Fsp3) is 0.429. The Bertz CT molecular complexity index is 780. The van der Waals surface area contributed by atoms with Crippen molar-refractivity contribution in [3.05, 3.63) is 54.1 Å². The molecule has 148 valence electrons. The van der Waals surface area contributed by atoms with Crippen LogP contribution in [0.5, 0.6) is 5.75 Å². The fourth-order valence-electron chi connectivity index (χ4n) is 3.15. The first kappa shape index (κ1) is 19.8. The molecule has 2 aromatic rings. The number of nitrogens with zero attached hydrogens (tertiary/aromatic N) is 4. The number of amides is 2. The van der Waals surface area contributed by atoms with Crippen LogP contribution in [0.4, 0.5) is 0 Å². The van der Waals surface area contributed by atoms with Crippen LogP contribution in [0.1, 0.15) is 35.3 Å². The van der Waals surface area contributed by atoms with Gasteiger partial charge in [0.25, 0.3) is 5.91 Å². The SMILES string of the molecule is Cc1ccc(OCCCC(=O)N2CCCN(C(=O)c3cnccn3)CC2)cc1. The zero-order valence-corrected chi connectivity index (χ0v) is 16.2. The number of ether oxygens (including phenoxy) is 1. The minimum absolute atomic E-state index is 0.112. The monoisotopic (exact) mass is 382 g/mol. The molecule has 1 fully saturated rings. The lowest BCUT2D eigenvalue weighted by molar-refractivity contribution is -0.131.